The smallest absolute Gasteiger partial charge is 0.237 e. The van der Waals surface area contributed by atoms with Crippen LogP contribution < -0.4 is 5.32 Å². The molecule has 0 saturated carbocycles. The van der Waals surface area contributed by atoms with E-state index in [1.54, 1.807) is 0 Å². The molecule has 3 heteroatoms. The van der Waals surface area contributed by atoms with Crippen LogP contribution in [-0.4, -0.2) is 23.4 Å². The van der Waals surface area contributed by atoms with E-state index in [-0.39, 0.29) is 11.9 Å². The average Bonchev–Trinajstić information content (AvgIpc) is 2.59. The molecule has 1 N–H and O–H groups in total. The van der Waals surface area contributed by atoms with Crippen LogP contribution in [0.4, 0.5) is 0 Å². The summed E-state index contributed by atoms with van der Waals surface area (Å²) >= 11 is 0. The van der Waals surface area contributed by atoms with Gasteiger partial charge in [0.25, 0.3) is 0 Å². The SMILES string of the molecule is CC(C(=O)NCc1ccccc1)N1CCc2ccccc2C1. The van der Waals surface area contributed by atoms with Gasteiger partial charge in [0.15, 0.2) is 0 Å². The van der Waals surface area contributed by atoms with Gasteiger partial charge in [0.1, 0.15) is 0 Å². The molecule has 22 heavy (non-hydrogen) atoms. The number of hydrogen-bond acceptors (Lipinski definition) is 2. The number of carbonyl (C=O) groups excluding carboxylic acids is 1. The molecule has 3 nitrogen and oxygen atoms in total. The predicted octanol–water partition coefficient (Wildman–Crippen LogP) is 2.75. The fraction of sp³-hybridized carbons (Fsp3) is 0.316. The van der Waals surface area contributed by atoms with Crippen LogP contribution in [0, 0.1) is 0 Å². The quantitative estimate of drug-likeness (QED) is 0.940. The molecule has 0 fully saturated rings. The first-order valence-electron chi connectivity index (χ1n) is 7.86. The Bertz CT molecular complexity index is 639. The maximum Gasteiger partial charge on any atom is 0.237 e. The van der Waals surface area contributed by atoms with Crippen molar-refractivity contribution in [1.29, 1.82) is 0 Å². The van der Waals surface area contributed by atoms with Crippen molar-refractivity contribution in [3.63, 3.8) is 0 Å². The fourth-order valence-corrected chi connectivity index (χ4v) is 2.95. The van der Waals surface area contributed by atoms with Crippen molar-refractivity contribution in [3.05, 3.63) is 71.3 Å². The zero-order valence-corrected chi connectivity index (χ0v) is 13.0. The summed E-state index contributed by atoms with van der Waals surface area (Å²) in [6.07, 6.45) is 1.02. The largest absolute Gasteiger partial charge is 0.351 e. The van der Waals surface area contributed by atoms with Gasteiger partial charge in [-0.1, -0.05) is 54.6 Å². The van der Waals surface area contributed by atoms with Gasteiger partial charge < -0.3 is 5.32 Å². The normalized spacial score (nSPS) is 15.9. The van der Waals surface area contributed by atoms with Crippen molar-refractivity contribution in [3.8, 4) is 0 Å². The Kier molecular flexibility index (Phi) is 4.54. The van der Waals surface area contributed by atoms with E-state index >= 15 is 0 Å². The highest BCUT2D eigenvalue weighted by molar-refractivity contribution is 5.81. The van der Waals surface area contributed by atoms with Crippen LogP contribution in [0.3, 0.4) is 0 Å². The number of rotatable bonds is 4. The third-order valence-corrected chi connectivity index (χ3v) is 4.40. The van der Waals surface area contributed by atoms with E-state index in [0.29, 0.717) is 6.54 Å². The van der Waals surface area contributed by atoms with Gasteiger partial charge in [-0.05, 0) is 30.0 Å². The summed E-state index contributed by atoms with van der Waals surface area (Å²) in [5, 5.41) is 3.04. The van der Waals surface area contributed by atoms with Gasteiger partial charge in [0, 0.05) is 19.6 Å². The molecule has 0 bridgehead atoms. The zero-order valence-electron chi connectivity index (χ0n) is 13.0. The van der Waals surface area contributed by atoms with Gasteiger partial charge in [-0.2, -0.15) is 0 Å². The van der Waals surface area contributed by atoms with Crippen LogP contribution in [0.25, 0.3) is 0 Å². The van der Waals surface area contributed by atoms with Gasteiger partial charge >= 0.3 is 0 Å². The first-order valence-corrected chi connectivity index (χ1v) is 7.86. The molecule has 0 radical (unpaired) electrons. The van der Waals surface area contributed by atoms with E-state index in [0.717, 1.165) is 25.1 Å². The zero-order chi connectivity index (χ0) is 15.4. The van der Waals surface area contributed by atoms with Crippen molar-refractivity contribution in [2.24, 2.45) is 0 Å². The van der Waals surface area contributed by atoms with E-state index in [4.69, 9.17) is 0 Å². The second-order valence-corrected chi connectivity index (χ2v) is 5.87. The monoisotopic (exact) mass is 294 g/mol. The van der Waals surface area contributed by atoms with Crippen LogP contribution in [0.2, 0.25) is 0 Å². The van der Waals surface area contributed by atoms with Gasteiger partial charge in [0.2, 0.25) is 5.91 Å². The summed E-state index contributed by atoms with van der Waals surface area (Å²) in [6.45, 7) is 4.38. The Balaban J connectivity index is 1.57. The van der Waals surface area contributed by atoms with Gasteiger partial charge in [0.05, 0.1) is 6.04 Å². The van der Waals surface area contributed by atoms with Crippen LogP contribution in [0.15, 0.2) is 54.6 Å². The molecular formula is C19H22N2O. The van der Waals surface area contributed by atoms with Gasteiger partial charge in [-0.25, -0.2) is 0 Å². The number of carbonyl (C=O) groups is 1. The molecule has 1 atom stereocenters. The molecule has 3 rings (SSSR count). The maximum absolute atomic E-state index is 12.4. The van der Waals surface area contributed by atoms with Crippen molar-refractivity contribution >= 4 is 5.91 Å². The van der Waals surface area contributed by atoms with Crippen LogP contribution in [0.5, 0.6) is 0 Å². The first kappa shape index (κ1) is 14.8. The summed E-state index contributed by atoms with van der Waals surface area (Å²) in [5.74, 6) is 0.100. The minimum atomic E-state index is -0.0999. The van der Waals surface area contributed by atoms with E-state index in [1.807, 2.05) is 37.3 Å². The van der Waals surface area contributed by atoms with Crippen LogP contribution in [0.1, 0.15) is 23.6 Å². The number of amides is 1. The standard InChI is InChI=1S/C19H22N2O/c1-15(19(22)20-13-16-7-3-2-4-8-16)21-12-11-17-9-5-6-10-18(17)14-21/h2-10,15H,11-14H2,1H3,(H,20,22). The van der Waals surface area contributed by atoms with Crippen molar-refractivity contribution in [2.45, 2.75) is 32.5 Å². The van der Waals surface area contributed by atoms with Crippen molar-refractivity contribution in [2.75, 3.05) is 6.54 Å². The van der Waals surface area contributed by atoms with Gasteiger partial charge in [-0.15, -0.1) is 0 Å². The number of benzene rings is 2. The molecule has 1 amide bonds. The van der Waals surface area contributed by atoms with Gasteiger partial charge in [-0.3, -0.25) is 9.69 Å². The lowest BCUT2D eigenvalue weighted by atomic mass is 9.99. The molecule has 114 valence electrons. The summed E-state index contributed by atoms with van der Waals surface area (Å²) < 4.78 is 0. The number of fused-ring (bicyclic) bond motifs is 1. The maximum atomic E-state index is 12.4. The Morgan fingerprint density at radius 1 is 1.09 bits per heavy atom. The van der Waals surface area contributed by atoms with Crippen LogP contribution >= 0.6 is 0 Å². The molecular weight excluding hydrogens is 272 g/mol. The number of hydrogen-bond donors (Lipinski definition) is 1. The van der Waals surface area contributed by atoms with Crippen molar-refractivity contribution in [1.82, 2.24) is 10.2 Å². The summed E-state index contributed by atoms with van der Waals surface area (Å²) in [7, 11) is 0. The van der Waals surface area contributed by atoms with Crippen molar-refractivity contribution < 1.29 is 4.79 Å². The summed E-state index contributed by atoms with van der Waals surface area (Å²) in [6, 6.07) is 18.4. The Labute approximate surface area is 132 Å². The lowest BCUT2D eigenvalue weighted by Crippen LogP contribution is -2.46. The second kappa shape index (κ2) is 6.75. The number of nitrogens with one attached hydrogen (secondary N) is 1. The average molecular weight is 294 g/mol. The molecule has 0 saturated heterocycles. The highest BCUT2D eigenvalue weighted by atomic mass is 16.2. The summed E-state index contributed by atoms with van der Waals surface area (Å²) in [5.41, 5.74) is 3.89. The Hall–Kier alpha value is -2.13. The molecule has 2 aromatic carbocycles. The van der Waals surface area contributed by atoms with Crippen LogP contribution in [-0.2, 0) is 24.3 Å². The third kappa shape index (κ3) is 3.37. The highest BCUT2D eigenvalue weighted by Crippen LogP contribution is 2.20. The Morgan fingerprint density at radius 3 is 2.55 bits per heavy atom. The predicted molar refractivity (Wildman–Crippen MR) is 88.3 cm³/mol. The first-order chi connectivity index (χ1) is 10.7. The Morgan fingerprint density at radius 2 is 1.77 bits per heavy atom. The molecule has 1 aliphatic rings. The topological polar surface area (TPSA) is 32.3 Å². The molecule has 0 aromatic heterocycles. The molecule has 1 aliphatic heterocycles. The molecule has 0 aliphatic carbocycles. The molecule has 1 unspecified atom stereocenters. The number of nitrogens with zero attached hydrogens (tertiary/aromatic N) is 1. The third-order valence-electron chi connectivity index (χ3n) is 4.40. The fourth-order valence-electron chi connectivity index (χ4n) is 2.95. The van der Waals surface area contributed by atoms with E-state index in [2.05, 4.69) is 34.5 Å². The van der Waals surface area contributed by atoms with E-state index in [9.17, 15) is 4.79 Å². The molecule has 2 aromatic rings. The highest BCUT2D eigenvalue weighted by Gasteiger charge is 2.24. The minimum Gasteiger partial charge on any atom is -0.351 e. The van der Waals surface area contributed by atoms with E-state index < -0.39 is 0 Å². The summed E-state index contributed by atoms with van der Waals surface area (Å²) in [4.78, 5) is 14.6. The second-order valence-electron chi connectivity index (χ2n) is 5.87. The molecule has 0 spiro atoms. The van der Waals surface area contributed by atoms with E-state index in [1.165, 1.54) is 11.1 Å². The lowest BCUT2D eigenvalue weighted by Gasteiger charge is -2.32. The minimum absolute atomic E-state index is 0.0999. The lowest BCUT2D eigenvalue weighted by molar-refractivity contribution is -0.126. The molecule has 1 heterocycles.